The summed E-state index contributed by atoms with van der Waals surface area (Å²) in [5.74, 6) is -0.627. The first-order valence-corrected chi connectivity index (χ1v) is 5.97. The minimum Gasteiger partial charge on any atom is -0.245 e. The van der Waals surface area contributed by atoms with E-state index in [1.54, 1.807) is 19.2 Å². The first kappa shape index (κ1) is 12.0. The molecule has 4 nitrogen and oxygen atoms in total. The van der Waals surface area contributed by atoms with E-state index in [2.05, 4.69) is 22.5 Å². The molecule has 17 heavy (non-hydrogen) atoms. The van der Waals surface area contributed by atoms with Crippen LogP contribution in [0.4, 0.5) is 4.79 Å². The Bertz CT molecular complexity index is 503. The average Bonchev–Trinajstić information content (AvgIpc) is 2.31. The van der Waals surface area contributed by atoms with Crippen molar-refractivity contribution in [3.63, 3.8) is 0 Å². The molecule has 0 saturated carbocycles. The minimum absolute atomic E-state index is 0.213. The average molecular weight is 296 g/mol. The van der Waals surface area contributed by atoms with Crippen LogP contribution in [0.25, 0.3) is 0 Å². The summed E-state index contributed by atoms with van der Waals surface area (Å²) in [5, 5.41) is 0. The molecule has 0 bridgehead atoms. The van der Waals surface area contributed by atoms with Gasteiger partial charge in [-0.2, -0.15) is 14.3 Å². The van der Waals surface area contributed by atoms with Crippen molar-refractivity contribution >= 4 is 33.6 Å². The van der Waals surface area contributed by atoms with Crippen LogP contribution in [0.2, 0.25) is 0 Å². The molecule has 88 valence electrons. The Kier molecular flexibility index (Phi) is 3.11. The molecule has 0 radical (unpaired) electrons. The third-order valence-corrected chi connectivity index (χ3v) is 3.55. The van der Waals surface area contributed by atoms with Crippen LogP contribution in [0.15, 0.2) is 35.4 Å². The highest BCUT2D eigenvalue weighted by atomic mass is 79.9. The van der Waals surface area contributed by atoms with Gasteiger partial charge in [-0.3, -0.25) is 0 Å². The van der Waals surface area contributed by atoms with Gasteiger partial charge in [-0.25, -0.2) is 4.79 Å². The summed E-state index contributed by atoms with van der Waals surface area (Å²) in [6.45, 7) is 3.79. The fourth-order valence-corrected chi connectivity index (χ4v) is 2.54. The number of carbonyl (C=O) groups is 2. The number of urea groups is 1. The first-order valence-electron chi connectivity index (χ1n) is 5.18. The van der Waals surface area contributed by atoms with Crippen LogP contribution in [0.5, 0.6) is 0 Å². The molecule has 0 aromatic rings. The predicted molar refractivity (Wildman–Crippen MR) is 68.1 cm³/mol. The third kappa shape index (κ3) is 1.80. The summed E-state index contributed by atoms with van der Waals surface area (Å²) in [4.78, 5) is 25.4. The second-order valence-electron chi connectivity index (χ2n) is 3.85. The molecule has 0 saturated heterocycles. The molecule has 2 rings (SSSR count). The van der Waals surface area contributed by atoms with E-state index in [0.29, 0.717) is 5.71 Å². The van der Waals surface area contributed by atoms with Crippen LogP contribution < -0.4 is 0 Å². The Morgan fingerprint density at radius 2 is 2.29 bits per heavy atom. The summed E-state index contributed by atoms with van der Waals surface area (Å²) in [6, 6.07) is -0.312. The molecular formula is C12H12BrN2O2+. The van der Waals surface area contributed by atoms with Gasteiger partial charge in [0.15, 0.2) is 5.92 Å². The Labute approximate surface area is 108 Å². The SMILES string of the molecule is C=CCN1C(=O)C2C(Br)=CC=CC2=[N+](C)C1=O. The van der Waals surface area contributed by atoms with Gasteiger partial charge in [0.25, 0.3) is 0 Å². The maximum atomic E-state index is 12.2. The fraction of sp³-hybridized carbons (Fsp3) is 0.250. The lowest BCUT2D eigenvalue weighted by Crippen LogP contribution is -2.53. The number of imide groups is 1. The van der Waals surface area contributed by atoms with Gasteiger partial charge in [0.2, 0.25) is 0 Å². The van der Waals surface area contributed by atoms with E-state index in [4.69, 9.17) is 0 Å². The maximum Gasteiger partial charge on any atom is 0.500 e. The molecule has 0 spiro atoms. The van der Waals surface area contributed by atoms with Crippen molar-refractivity contribution in [1.29, 1.82) is 0 Å². The molecule has 0 N–H and O–H groups in total. The molecule has 1 heterocycles. The van der Waals surface area contributed by atoms with Crippen LogP contribution in [0, 0.1) is 5.92 Å². The fourth-order valence-electron chi connectivity index (χ4n) is 1.96. The highest BCUT2D eigenvalue weighted by molar-refractivity contribution is 9.11. The molecule has 0 aromatic heterocycles. The Morgan fingerprint density at radius 1 is 1.59 bits per heavy atom. The second kappa shape index (κ2) is 4.41. The lowest BCUT2D eigenvalue weighted by atomic mass is 9.94. The normalized spacial score (nSPS) is 23.8. The van der Waals surface area contributed by atoms with Crippen molar-refractivity contribution in [2.45, 2.75) is 0 Å². The van der Waals surface area contributed by atoms with Crippen molar-refractivity contribution in [3.05, 3.63) is 35.4 Å². The lowest BCUT2D eigenvalue weighted by molar-refractivity contribution is -0.406. The quantitative estimate of drug-likeness (QED) is 0.574. The Balaban J connectivity index is 2.53. The summed E-state index contributed by atoms with van der Waals surface area (Å²) < 4.78 is 2.27. The van der Waals surface area contributed by atoms with E-state index < -0.39 is 5.92 Å². The van der Waals surface area contributed by atoms with Gasteiger partial charge >= 0.3 is 11.9 Å². The van der Waals surface area contributed by atoms with Gasteiger partial charge in [0.05, 0.1) is 7.05 Å². The van der Waals surface area contributed by atoms with Crippen molar-refractivity contribution in [2.75, 3.05) is 13.6 Å². The topological polar surface area (TPSA) is 40.4 Å². The molecule has 2 aliphatic rings. The highest BCUT2D eigenvalue weighted by Gasteiger charge is 2.47. The van der Waals surface area contributed by atoms with Crippen molar-refractivity contribution in [3.8, 4) is 0 Å². The highest BCUT2D eigenvalue weighted by Crippen LogP contribution is 2.28. The second-order valence-corrected chi connectivity index (χ2v) is 4.76. The zero-order valence-corrected chi connectivity index (χ0v) is 11.0. The smallest absolute Gasteiger partial charge is 0.245 e. The van der Waals surface area contributed by atoms with Crippen molar-refractivity contribution in [1.82, 2.24) is 4.90 Å². The number of nitrogens with zero attached hydrogens (tertiary/aromatic N) is 2. The zero-order chi connectivity index (χ0) is 12.6. The standard InChI is InChI=1S/C12H12BrN2O2/c1-3-7-15-11(16)10-8(13)5-4-6-9(10)14(2)12(15)17/h3-6,10H,1,7H2,2H3/q+1. The Morgan fingerprint density at radius 3 is 2.94 bits per heavy atom. The third-order valence-electron chi connectivity index (χ3n) is 2.82. The zero-order valence-electron chi connectivity index (χ0n) is 9.39. The number of halogens is 1. The van der Waals surface area contributed by atoms with Gasteiger partial charge in [-0.05, 0) is 6.08 Å². The number of amides is 3. The van der Waals surface area contributed by atoms with Crippen molar-refractivity contribution in [2.24, 2.45) is 5.92 Å². The van der Waals surface area contributed by atoms with E-state index in [-0.39, 0.29) is 18.5 Å². The first-order chi connectivity index (χ1) is 8.07. The predicted octanol–water partition coefficient (Wildman–Crippen LogP) is 1.68. The van der Waals surface area contributed by atoms with Gasteiger partial charge in [0.1, 0.15) is 12.3 Å². The minimum atomic E-state index is -0.414. The monoisotopic (exact) mass is 295 g/mol. The summed E-state index contributed by atoms with van der Waals surface area (Å²) in [7, 11) is 1.67. The van der Waals surface area contributed by atoms with Gasteiger partial charge in [0, 0.05) is 4.48 Å². The molecule has 1 aliphatic heterocycles. The largest absolute Gasteiger partial charge is 0.500 e. The van der Waals surface area contributed by atoms with Crippen LogP contribution in [-0.2, 0) is 4.79 Å². The van der Waals surface area contributed by atoms with E-state index in [1.165, 1.54) is 9.48 Å². The molecular weight excluding hydrogens is 284 g/mol. The van der Waals surface area contributed by atoms with Crippen molar-refractivity contribution < 1.29 is 14.2 Å². The van der Waals surface area contributed by atoms with Crippen LogP contribution in [-0.4, -0.2) is 40.7 Å². The van der Waals surface area contributed by atoms with Gasteiger partial charge < -0.3 is 0 Å². The molecule has 1 aliphatic carbocycles. The number of hydrogen-bond acceptors (Lipinski definition) is 2. The molecule has 0 aromatic carbocycles. The molecule has 5 heteroatoms. The Hall–Kier alpha value is -1.49. The van der Waals surface area contributed by atoms with Gasteiger partial charge in [-0.15, -0.1) is 0 Å². The van der Waals surface area contributed by atoms with Gasteiger partial charge in [-0.1, -0.05) is 40.7 Å². The van der Waals surface area contributed by atoms with Crippen LogP contribution >= 0.6 is 15.9 Å². The van der Waals surface area contributed by atoms with Crippen LogP contribution in [0.1, 0.15) is 0 Å². The summed E-state index contributed by atoms with van der Waals surface area (Å²) >= 11 is 3.37. The molecule has 1 atom stereocenters. The number of carbonyl (C=O) groups excluding carboxylic acids is 2. The summed E-state index contributed by atoms with van der Waals surface area (Å²) in [6.07, 6.45) is 6.97. The van der Waals surface area contributed by atoms with E-state index in [0.717, 1.165) is 4.48 Å². The number of fused-ring (bicyclic) bond motifs is 1. The number of hydrogen-bond donors (Lipinski definition) is 0. The van der Waals surface area contributed by atoms with Crippen LogP contribution in [0.3, 0.4) is 0 Å². The van der Waals surface area contributed by atoms with E-state index in [1.807, 2.05) is 12.2 Å². The molecule has 3 amide bonds. The van der Waals surface area contributed by atoms with E-state index >= 15 is 0 Å². The number of allylic oxidation sites excluding steroid dienone is 3. The molecule has 0 fully saturated rings. The maximum absolute atomic E-state index is 12.2. The molecule has 1 unspecified atom stereocenters. The lowest BCUT2D eigenvalue weighted by Gasteiger charge is -2.26. The number of rotatable bonds is 2. The summed E-state index contributed by atoms with van der Waals surface area (Å²) in [5.41, 5.74) is 0.703. The van der Waals surface area contributed by atoms with E-state index in [9.17, 15) is 9.59 Å².